The molecule has 0 unspecified atom stereocenters. The molecule has 1 N–H and O–H groups in total. The fraction of sp³-hybridized carbons (Fsp3) is 0.632. The zero-order valence-electron chi connectivity index (χ0n) is 15.3. The second-order valence-electron chi connectivity index (χ2n) is 7.18. The molecule has 0 bridgehead atoms. The van der Waals surface area contributed by atoms with Crippen molar-refractivity contribution >= 4 is 15.9 Å². The van der Waals surface area contributed by atoms with E-state index in [4.69, 9.17) is 0 Å². The Morgan fingerprint density at radius 3 is 2.31 bits per heavy atom. The van der Waals surface area contributed by atoms with E-state index in [0.717, 1.165) is 32.2 Å². The number of hydrogen-bond acceptors (Lipinski definition) is 4. The van der Waals surface area contributed by atoms with E-state index in [2.05, 4.69) is 10.2 Å². The Labute approximate surface area is 156 Å². The Hall–Kier alpha value is -1.44. The van der Waals surface area contributed by atoms with Gasteiger partial charge in [0.2, 0.25) is 15.9 Å². The van der Waals surface area contributed by atoms with E-state index in [0.29, 0.717) is 37.6 Å². The zero-order chi connectivity index (χ0) is 18.4. The summed E-state index contributed by atoms with van der Waals surface area (Å²) in [5.41, 5.74) is 0. The van der Waals surface area contributed by atoms with Crippen molar-refractivity contribution in [2.45, 2.75) is 37.0 Å². The third-order valence-corrected chi connectivity index (χ3v) is 7.33. The SMILES string of the molecule is O=C(NCCN1CCN(S(=O)(=O)c2ccccc2)CC1)C1CCCCC1. The number of hydrogen-bond donors (Lipinski definition) is 1. The van der Waals surface area contributed by atoms with Gasteiger partial charge in [-0.2, -0.15) is 4.31 Å². The molecule has 1 aromatic rings. The highest BCUT2D eigenvalue weighted by molar-refractivity contribution is 7.89. The highest BCUT2D eigenvalue weighted by Crippen LogP contribution is 2.23. The van der Waals surface area contributed by atoms with Crippen LogP contribution in [0.1, 0.15) is 32.1 Å². The summed E-state index contributed by atoms with van der Waals surface area (Å²) in [6.45, 7) is 3.80. The van der Waals surface area contributed by atoms with Crippen molar-refractivity contribution in [2.24, 2.45) is 5.92 Å². The lowest BCUT2D eigenvalue weighted by atomic mass is 9.89. The van der Waals surface area contributed by atoms with Crippen LogP contribution in [0.3, 0.4) is 0 Å². The predicted octanol–water partition coefficient (Wildman–Crippen LogP) is 1.69. The molecule has 3 rings (SSSR count). The van der Waals surface area contributed by atoms with Crippen molar-refractivity contribution in [3.05, 3.63) is 30.3 Å². The second-order valence-corrected chi connectivity index (χ2v) is 9.12. The maximum Gasteiger partial charge on any atom is 0.243 e. The van der Waals surface area contributed by atoms with Gasteiger partial charge >= 0.3 is 0 Å². The van der Waals surface area contributed by atoms with Gasteiger partial charge in [0.05, 0.1) is 4.90 Å². The lowest BCUT2D eigenvalue weighted by Gasteiger charge is -2.34. The molecule has 0 aromatic heterocycles. The number of piperazine rings is 1. The third-order valence-electron chi connectivity index (χ3n) is 5.42. The van der Waals surface area contributed by atoms with Gasteiger partial charge in [-0.05, 0) is 25.0 Å². The monoisotopic (exact) mass is 379 g/mol. The van der Waals surface area contributed by atoms with Crippen LogP contribution in [0.15, 0.2) is 35.2 Å². The van der Waals surface area contributed by atoms with E-state index in [1.165, 1.54) is 6.42 Å². The third kappa shape index (κ3) is 4.84. The van der Waals surface area contributed by atoms with Crippen molar-refractivity contribution < 1.29 is 13.2 Å². The van der Waals surface area contributed by atoms with Crippen molar-refractivity contribution in [1.29, 1.82) is 0 Å². The van der Waals surface area contributed by atoms with Crippen molar-refractivity contribution in [1.82, 2.24) is 14.5 Å². The van der Waals surface area contributed by atoms with Crippen LogP contribution in [0.2, 0.25) is 0 Å². The van der Waals surface area contributed by atoms with Crippen LogP contribution in [-0.2, 0) is 14.8 Å². The first-order valence-corrected chi connectivity index (χ1v) is 11.1. The quantitative estimate of drug-likeness (QED) is 0.817. The Kier molecular flexibility index (Phi) is 6.67. The molecule has 1 amide bonds. The second kappa shape index (κ2) is 8.97. The smallest absolute Gasteiger partial charge is 0.243 e. The predicted molar refractivity (Wildman–Crippen MR) is 101 cm³/mol. The number of nitrogens with zero attached hydrogens (tertiary/aromatic N) is 2. The molecule has 0 atom stereocenters. The van der Waals surface area contributed by atoms with Gasteiger partial charge in [-0.15, -0.1) is 0 Å². The van der Waals surface area contributed by atoms with Crippen LogP contribution in [0.5, 0.6) is 0 Å². The van der Waals surface area contributed by atoms with Crippen LogP contribution in [0.4, 0.5) is 0 Å². The molecular weight excluding hydrogens is 350 g/mol. The zero-order valence-corrected chi connectivity index (χ0v) is 16.1. The normalized spacial score (nSPS) is 20.8. The minimum Gasteiger partial charge on any atom is -0.355 e. The van der Waals surface area contributed by atoms with E-state index in [1.807, 2.05) is 6.07 Å². The summed E-state index contributed by atoms with van der Waals surface area (Å²) < 4.78 is 26.8. The molecule has 1 heterocycles. The van der Waals surface area contributed by atoms with E-state index in [-0.39, 0.29) is 11.8 Å². The molecule has 6 nitrogen and oxygen atoms in total. The molecule has 1 saturated heterocycles. The van der Waals surface area contributed by atoms with Gasteiger partial charge in [-0.25, -0.2) is 8.42 Å². The van der Waals surface area contributed by atoms with Crippen molar-refractivity contribution in [2.75, 3.05) is 39.3 Å². The summed E-state index contributed by atoms with van der Waals surface area (Å²) in [6.07, 6.45) is 5.61. The van der Waals surface area contributed by atoms with Crippen molar-refractivity contribution in [3.8, 4) is 0 Å². The number of amides is 1. The number of carbonyl (C=O) groups excluding carboxylic acids is 1. The standard InChI is InChI=1S/C19H29N3O3S/c23-19(17-7-3-1-4-8-17)20-11-12-21-13-15-22(16-14-21)26(24,25)18-9-5-2-6-10-18/h2,5-6,9-10,17H,1,3-4,7-8,11-16H2,(H,20,23). The number of nitrogens with one attached hydrogen (secondary N) is 1. The molecule has 144 valence electrons. The van der Waals surface area contributed by atoms with E-state index in [1.54, 1.807) is 28.6 Å². The summed E-state index contributed by atoms with van der Waals surface area (Å²) >= 11 is 0. The number of rotatable bonds is 6. The Bertz CT molecular complexity index is 679. The molecule has 7 heteroatoms. The van der Waals surface area contributed by atoms with Crippen LogP contribution >= 0.6 is 0 Å². The first-order chi connectivity index (χ1) is 12.6. The summed E-state index contributed by atoms with van der Waals surface area (Å²) in [4.78, 5) is 14.7. The maximum atomic E-state index is 12.6. The van der Waals surface area contributed by atoms with Crippen molar-refractivity contribution in [3.63, 3.8) is 0 Å². The topological polar surface area (TPSA) is 69.7 Å². The highest BCUT2D eigenvalue weighted by Gasteiger charge is 2.28. The average Bonchev–Trinajstić information content (AvgIpc) is 2.69. The average molecular weight is 380 g/mol. The van der Waals surface area contributed by atoms with Crippen LogP contribution in [0.25, 0.3) is 0 Å². The molecule has 0 radical (unpaired) electrons. The summed E-state index contributed by atoms with van der Waals surface area (Å²) in [5, 5.41) is 3.05. The van der Waals surface area contributed by atoms with Gasteiger partial charge in [0.25, 0.3) is 0 Å². The Morgan fingerprint density at radius 2 is 1.65 bits per heavy atom. The van der Waals surface area contributed by atoms with Gasteiger partial charge in [-0.3, -0.25) is 9.69 Å². The molecule has 0 spiro atoms. The van der Waals surface area contributed by atoms with Crippen LogP contribution in [-0.4, -0.2) is 62.8 Å². The van der Waals surface area contributed by atoms with E-state index in [9.17, 15) is 13.2 Å². The van der Waals surface area contributed by atoms with Crippen LogP contribution < -0.4 is 5.32 Å². The summed E-state index contributed by atoms with van der Waals surface area (Å²) in [5.74, 6) is 0.381. The Balaban J connectivity index is 1.40. The number of sulfonamides is 1. The molecule has 26 heavy (non-hydrogen) atoms. The minimum absolute atomic E-state index is 0.190. The highest BCUT2D eigenvalue weighted by atomic mass is 32.2. The van der Waals surface area contributed by atoms with Gasteiger partial charge < -0.3 is 5.32 Å². The molecule has 1 aliphatic carbocycles. The fourth-order valence-electron chi connectivity index (χ4n) is 3.78. The summed E-state index contributed by atoms with van der Waals surface area (Å²) in [7, 11) is -3.40. The fourth-order valence-corrected chi connectivity index (χ4v) is 5.22. The first-order valence-electron chi connectivity index (χ1n) is 9.62. The molecule has 1 aromatic carbocycles. The lowest BCUT2D eigenvalue weighted by Crippen LogP contribution is -2.50. The first kappa shape index (κ1) is 19.3. The molecule has 2 fully saturated rings. The molecule has 1 saturated carbocycles. The van der Waals surface area contributed by atoms with E-state index >= 15 is 0 Å². The van der Waals surface area contributed by atoms with Gasteiger partial charge in [0.15, 0.2) is 0 Å². The molecule has 1 aliphatic heterocycles. The maximum absolute atomic E-state index is 12.6. The van der Waals surface area contributed by atoms with Crippen LogP contribution in [0, 0.1) is 5.92 Å². The van der Waals surface area contributed by atoms with E-state index < -0.39 is 10.0 Å². The number of carbonyl (C=O) groups is 1. The number of benzene rings is 1. The molecule has 2 aliphatic rings. The largest absolute Gasteiger partial charge is 0.355 e. The Morgan fingerprint density at radius 1 is 1.00 bits per heavy atom. The van der Waals surface area contributed by atoms with Gasteiger partial charge in [0.1, 0.15) is 0 Å². The minimum atomic E-state index is -3.40. The summed E-state index contributed by atoms with van der Waals surface area (Å²) in [6, 6.07) is 8.60. The van der Waals surface area contributed by atoms with Gasteiger partial charge in [-0.1, -0.05) is 37.5 Å². The van der Waals surface area contributed by atoms with Gasteiger partial charge in [0, 0.05) is 45.2 Å². The lowest BCUT2D eigenvalue weighted by molar-refractivity contribution is -0.125. The molecular formula is C19H29N3O3S.